The molecule has 114 valence electrons. The Bertz CT molecular complexity index is 683. The number of rotatable bonds is 4. The zero-order valence-corrected chi connectivity index (χ0v) is 12.1. The second kappa shape index (κ2) is 6.87. The van der Waals surface area contributed by atoms with Crippen molar-refractivity contribution in [2.24, 2.45) is 5.73 Å². The van der Waals surface area contributed by atoms with E-state index in [1.165, 1.54) is 12.1 Å². The number of halogens is 1. The van der Waals surface area contributed by atoms with Crippen LogP contribution in [0.1, 0.15) is 12.5 Å². The van der Waals surface area contributed by atoms with Gasteiger partial charge in [-0.2, -0.15) is 5.06 Å². The number of nitrogens with zero attached hydrogens (tertiary/aromatic N) is 1. The molecule has 0 aliphatic carbocycles. The molecule has 0 fully saturated rings. The van der Waals surface area contributed by atoms with Crippen molar-refractivity contribution in [1.82, 2.24) is 5.06 Å². The van der Waals surface area contributed by atoms with Crippen LogP contribution >= 0.6 is 0 Å². The third-order valence-electron chi connectivity index (χ3n) is 3.24. The van der Waals surface area contributed by atoms with E-state index < -0.39 is 12.1 Å². The Morgan fingerprint density at radius 1 is 1.23 bits per heavy atom. The average molecular weight is 300 g/mol. The molecule has 22 heavy (non-hydrogen) atoms. The highest BCUT2D eigenvalue weighted by Gasteiger charge is 2.11. The van der Waals surface area contributed by atoms with Gasteiger partial charge in [0.2, 0.25) is 0 Å². The zero-order valence-electron chi connectivity index (χ0n) is 12.1. The van der Waals surface area contributed by atoms with Crippen molar-refractivity contribution in [3.63, 3.8) is 0 Å². The standard InChI is InChI=1S/C17H17FN2O2/c1-12(20(22)17(19)21)5-6-13-3-2-4-15(11-13)14-7-9-16(18)10-8-14/h2-12,22H,1H3,(H2,19,21)/b6-5+. The minimum atomic E-state index is -0.905. The Hall–Kier alpha value is -2.66. The molecule has 2 rings (SSSR count). The molecular weight excluding hydrogens is 283 g/mol. The molecule has 0 bridgehead atoms. The Morgan fingerprint density at radius 2 is 1.91 bits per heavy atom. The predicted molar refractivity (Wildman–Crippen MR) is 83.5 cm³/mol. The van der Waals surface area contributed by atoms with Crippen LogP contribution in [-0.4, -0.2) is 22.3 Å². The maximum Gasteiger partial charge on any atom is 0.339 e. The number of amides is 2. The highest BCUT2D eigenvalue weighted by molar-refractivity contribution is 5.71. The lowest BCUT2D eigenvalue weighted by Crippen LogP contribution is -2.38. The minimum absolute atomic E-state index is 0.275. The summed E-state index contributed by atoms with van der Waals surface area (Å²) in [6.45, 7) is 1.64. The first kappa shape index (κ1) is 15.7. The summed E-state index contributed by atoms with van der Waals surface area (Å²) in [5, 5.41) is 9.86. The van der Waals surface area contributed by atoms with Gasteiger partial charge in [-0.3, -0.25) is 5.21 Å². The molecule has 2 aromatic carbocycles. The van der Waals surface area contributed by atoms with Crippen LogP contribution in [0.15, 0.2) is 54.6 Å². The molecule has 0 radical (unpaired) electrons. The lowest BCUT2D eigenvalue weighted by Gasteiger charge is -2.16. The highest BCUT2D eigenvalue weighted by atomic mass is 19.1. The number of hydrogen-bond acceptors (Lipinski definition) is 2. The number of hydrogen-bond donors (Lipinski definition) is 2. The van der Waals surface area contributed by atoms with Crippen LogP contribution in [0.25, 0.3) is 17.2 Å². The van der Waals surface area contributed by atoms with E-state index in [9.17, 15) is 14.4 Å². The Morgan fingerprint density at radius 3 is 2.55 bits per heavy atom. The molecule has 1 atom stereocenters. The minimum Gasteiger partial charge on any atom is -0.350 e. The van der Waals surface area contributed by atoms with Gasteiger partial charge in [-0.05, 0) is 41.8 Å². The third kappa shape index (κ3) is 3.93. The molecule has 4 nitrogen and oxygen atoms in total. The van der Waals surface area contributed by atoms with E-state index in [0.29, 0.717) is 5.06 Å². The maximum absolute atomic E-state index is 13.0. The van der Waals surface area contributed by atoms with Gasteiger partial charge in [-0.1, -0.05) is 42.5 Å². The average Bonchev–Trinajstić information content (AvgIpc) is 2.52. The summed E-state index contributed by atoms with van der Waals surface area (Å²) < 4.78 is 13.0. The van der Waals surface area contributed by atoms with Gasteiger partial charge >= 0.3 is 6.03 Å². The van der Waals surface area contributed by atoms with Crippen molar-refractivity contribution >= 4 is 12.1 Å². The van der Waals surface area contributed by atoms with Crippen molar-refractivity contribution in [2.75, 3.05) is 0 Å². The number of benzene rings is 2. The third-order valence-corrected chi connectivity index (χ3v) is 3.24. The van der Waals surface area contributed by atoms with Gasteiger partial charge in [0, 0.05) is 0 Å². The van der Waals surface area contributed by atoms with Gasteiger partial charge in [-0.15, -0.1) is 0 Å². The Balaban J connectivity index is 2.18. The molecule has 3 N–H and O–H groups in total. The summed E-state index contributed by atoms with van der Waals surface area (Å²) in [6.07, 6.45) is 3.44. The van der Waals surface area contributed by atoms with Crippen molar-refractivity contribution in [3.8, 4) is 11.1 Å². The van der Waals surface area contributed by atoms with Gasteiger partial charge in [0.05, 0.1) is 6.04 Å². The molecule has 2 amide bonds. The molecule has 5 heteroatoms. The van der Waals surface area contributed by atoms with Crippen LogP contribution in [0.5, 0.6) is 0 Å². The highest BCUT2D eigenvalue weighted by Crippen LogP contribution is 2.21. The van der Waals surface area contributed by atoms with Gasteiger partial charge in [0.1, 0.15) is 5.82 Å². The Labute approximate surface area is 128 Å². The number of urea groups is 1. The normalized spacial score (nSPS) is 12.3. The SMILES string of the molecule is CC(/C=C/c1cccc(-c2ccc(F)cc2)c1)N(O)C(N)=O. The monoisotopic (exact) mass is 300 g/mol. The summed E-state index contributed by atoms with van der Waals surface area (Å²) in [6, 6.07) is 12.4. The molecule has 0 aromatic heterocycles. The van der Waals surface area contributed by atoms with E-state index in [1.54, 1.807) is 31.2 Å². The van der Waals surface area contributed by atoms with Crippen LogP contribution in [-0.2, 0) is 0 Å². The van der Waals surface area contributed by atoms with Gasteiger partial charge in [0.15, 0.2) is 0 Å². The number of carbonyl (C=O) groups excluding carboxylic acids is 1. The molecule has 0 aliphatic rings. The van der Waals surface area contributed by atoms with Crippen LogP contribution in [0.2, 0.25) is 0 Å². The maximum atomic E-state index is 13.0. The fourth-order valence-corrected chi connectivity index (χ4v) is 2.00. The first-order valence-corrected chi connectivity index (χ1v) is 6.79. The quantitative estimate of drug-likeness (QED) is 0.668. The first-order valence-electron chi connectivity index (χ1n) is 6.79. The zero-order chi connectivity index (χ0) is 16.1. The summed E-state index contributed by atoms with van der Waals surface area (Å²) in [5.74, 6) is -0.275. The van der Waals surface area contributed by atoms with Crippen molar-refractivity contribution in [3.05, 3.63) is 66.0 Å². The topological polar surface area (TPSA) is 66.6 Å². The van der Waals surface area contributed by atoms with E-state index in [1.807, 2.05) is 24.3 Å². The fourth-order valence-electron chi connectivity index (χ4n) is 2.00. The van der Waals surface area contributed by atoms with E-state index in [2.05, 4.69) is 0 Å². The van der Waals surface area contributed by atoms with Gasteiger partial charge in [-0.25, -0.2) is 9.18 Å². The van der Waals surface area contributed by atoms with Gasteiger partial charge in [0.25, 0.3) is 0 Å². The van der Waals surface area contributed by atoms with Crippen LogP contribution in [0, 0.1) is 5.82 Å². The van der Waals surface area contributed by atoms with E-state index in [-0.39, 0.29) is 5.82 Å². The predicted octanol–water partition coefficient (Wildman–Crippen LogP) is 3.66. The van der Waals surface area contributed by atoms with Crippen LogP contribution < -0.4 is 5.73 Å². The second-order valence-corrected chi connectivity index (χ2v) is 4.91. The molecule has 2 aromatic rings. The van der Waals surface area contributed by atoms with Crippen molar-refractivity contribution < 1.29 is 14.4 Å². The molecule has 0 heterocycles. The molecular formula is C17H17FN2O2. The molecule has 1 unspecified atom stereocenters. The number of nitrogens with two attached hydrogens (primary N) is 1. The molecule has 0 spiro atoms. The molecule has 0 saturated heterocycles. The fraction of sp³-hybridized carbons (Fsp3) is 0.118. The summed E-state index contributed by atoms with van der Waals surface area (Å²) in [7, 11) is 0. The van der Waals surface area contributed by atoms with E-state index >= 15 is 0 Å². The first-order chi connectivity index (χ1) is 10.5. The lowest BCUT2D eigenvalue weighted by atomic mass is 10.0. The summed E-state index contributed by atoms with van der Waals surface area (Å²) in [5.41, 5.74) is 7.74. The second-order valence-electron chi connectivity index (χ2n) is 4.91. The number of primary amides is 1. The summed E-state index contributed by atoms with van der Waals surface area (Å²) in [4.78, 5) is 10.9. The van der Waals surface area contributed by atoms with Crippen molar-refractivity contribution in [2.45, 2.75) is 13.0 Å². The van der Waals surface area contributed by atoms with Crippen LogP contribution in [0.4, 0.5) is 9.18 Å². The Kier molecular flexibility index (Phi) is 4.91. The van der Waals surface area contributed by atoms with E-state index in [4.69, 9.17) is 5.73 Å². The van der Waals surface area contributed by atoms with Crippen LogP contribution in [0.3, 0.4) is 0 Å². The van der Waals surface area contributed by atoms with E-state index in [0.717, 1.165) is 16.7 Å². The number of carbonyl (C=O) groups is 1. The smallest absolute Gasteiger partial charge is 0.339 e. The lowest BCUT2D eigenvalue weighted by molar-refractivity contribution is -0.0560. The van der Waals surface area contributed by atoms with Crippen molar-refractivity contribution in [1.29, 1.82) is 0 Å². The summed E-state index contributed by atoms with van der Waals surface area (Å²) >= 11 is 0. The van der Waals surface area contributed by atoms with Gasteiger partial charge < -0.3 is 5.73 Å². The number of hydroxylamine groups is 2. The molecule has 0 saturated carbocycles. The molecule has 0 aliphatic heterocycles. The largest absolute Gasteiger partial charge is 0.350 e.